The first-order valence-electron chi connectivity index (χ1n) is 5.70. The normalized spacial score (nSPS) is 10.4. The lowest BCUT2D eigenvalue weighted by Gasteiger charge is -2.10. The van der Waals surface area contributed by atoms with Gasteiger partial charge in [0.25, 0.3) is 5.91 Å². The van der Waals surface area contributed by atoms with Gasteiger partial charge in [-0.15, -0.1) is 0 Å². The van der Waals surface area contributed by atoms with Crippen LogP contribution in [-0.2, 0) is 0 Å². The third-order valence-corrected chi connectivity index (χ3v) is 2.99. The van der Waals surface area contributed by atoms with E-state index in [1.807, 2.05) is 0 Å². The van der Waals surface area contributed by atoms with Crippen LogP contribution in [-0.4, -0.2) is 5.91 Å². The van der Waals surface area contributed by atoms with Gasteiger partial charge in [0.1, 0.15) is 11.6 Å². The fraction of sp³-hybridized carbons (Fsp3) is 0.0714. The molecule has 0 aliphatic rings. The number of carbonyl (C=O) groups excluding carboxylic acids is 1. The number of benzene rings is 2. The van der Waals surface area contributed by atoms with E-state index in [1.165, 1.54) is 19.1 Å². The Kier molecular flexibility index (Phi) is 3.90. The number of nitrogen functional groups attached to an aromatic ring is 1. The Bertz CT molecular complexity index is 689. The minimum absolute atomic E-state index is 0.176. The van der Waals surface area contributed by atoms with Gasteiger partial charge in [-0.1, -0.05) is 11.6 Å². The zero-order valence-corrected chi connectivity index (χ0v) is 11.3. The second kappa shape index (κ2) is 5.46. The number of amides is 1. The van der Waals surface area contributed by atoms with Crippen LogP contribution in [0.4, 0.5) is 20.2 Å². The maximum Gasteiger partial charge on any atom is 0.258 e. The molecule has 0 aromatic heterocycles. The Hall–Kier alpha value is -2.14. The van der Waals surface area contributed by atoms with Crippen LogP contribution >= 0.6 is 11.6 Å². The average molecular weight is 297 g/mol. The Morgan fingerprint density at radius 2 is 1.90 bits per heavy atom. The molecule has 0 atom stereocenters. The van der Waals surface area contributed by atoms with Crippen molar-refractivity contribution in [2.75, 3.05) is 11.1 Å². The Balaban J connectivity index is 2.33. The predicted molar refractivity (Wildman–Crippen MR) is 74.9 cm³/mol. The average Bonchev–Trinajstić information content (AvgIpc) is 2.38. The summed E-state index contributed by atoms with van der Waals surface area (Å²) in [5, 5.41) is 2.82. The SMILES string of the molecule is Cc1cc(C(=O)Nc2cc(Cl)ccc2N)c(F)cc1F. The Morgan fingerprint density at radius 1 is 1.20 bits per heavy atom. The van der Waals surface area contributed by atoms with E-state index >= 15 is 0 Å². The summed E-state index contributed by atoms with van der Waals surface area (Å²) in [5.41, 5.74) is 6.16. The number of rotatable bonds is 2. The number of aryl methyl sites for hydroxylation is 1. The third kappa shape index (κ3) is 2.88. The summed E-state index contributed by atoms with van der Waals surface area (Å²) >= 11 is 5.79. The molecule has 0 heterocycles. The minimum atomic E-state index is -0.939. The van der Waals surface area contributed by atoms with Crippen molar-refractivity contribution < 1.29 is 13.6 Å². The fourth-order valence-corrected chi connectivity index (χ4v) is 1.83. The van der Waals surface area contributed by atoms with Crippen LogP contribution in [0.25, 0.3) is 0 Å². The van der Waals surface area contributed by atoms with Gasteiger partial charge >= 0.3 is 0 Å². The van der Waals surface area contributed by atoms with E-state index in [1.54, 1.807) is 6.07 Å². The van der Waals surface area contributed by atoms with Gasteiger partial charge in [-0.05, 0) is 36.8 Å². The summed E-state index contributed by atoms with van der Waals surface area (Å²) in [6, 6.07) is 6.34. The van der Waals surface area contributed by atoms with Crippen molar-refractivity contribution in [3.05, 3.63) is 58.1 Å². The molecule has 0 radical (unpaired) electrons. The van der Waals surface area contributed by atoms with Gasteiger partial charge in [-0.25, -0.2) is 8.78 Å². The summed E-state index contributed by atoms with van der Waals surface area (Å²) in [5.74, 6) is -2.37. The topological polar surface area (TPSA) is 55.1 Å². The molecule has 0 spiro atoms. The lowest BCUT2D eigenvalue weighted by atomic mass is 10.1. The Labute approximate surface area is 119 Å². The summed E-state index contributed by atoms with van der Waals surface area (Å²) in [7, 11) is 0. The van der Waals surface area contributed by atoms with E-state index in [0.29, 0.717) is 16.8 Å². The van der Waals surface area contributed by atoms with Crippen LogP contribution in [0.15, 0.2) is 30.3 Å². The number of halogens is 3. The third-order valence-electron chi connectivity index (χ3n) is 2.76. The molecule has 20 heavy (non-hydrogen) atoms. The molecular formula is C14H11ClF2N2O. The van der Waals surface area contributed by atoms with Crippen LogP contribution in [0.5, 0.6) is 0 Å². The number of anilines is 2. The molecule has 0 aliphatic heterocycles. The zero-order valence-electron chi connectivity index (χ0n) is 10.5. The number of nitrogens with one attached hydrogen (secondary N) is 1. The lowest BCUT2D eigenvalue weighted by Crippen LogP contribution is -2.15. The van der Waals surface area contributed by atoms with Gasteiger partial charge in [0.15, 0.2) is 0 Å². The predicted octanol–water partition coefficient (Wildman–Crippen LogP) is 3.76. The molecule has 104 valence electrons. The highest BCUT2D eigenvalue weighted by molar-refractivity contribution is 6.31. The standard InChI is InChI=1S/C14H11ClF2N2O/c1-7-4-9(11(17)6-10(7)16)14(20)19-13-5-8(15)2-3-12(13)18/h2-6H,18H2,1H3,(H,19,20). The van der Waals surface area contributed by atoms with E-state index in [0.717, 1.165) is 6.07 Å². The van der Waals surface area contributed by atoms with Crippen LogP contribution in [0, 0.1) is 18.6 Å². The second-order valence-corrected chi connectivity index (χ2v) is 4.70. The summed E-state index contributed by atoms with van der Waals surface area (Å²) in [6.45, 7) is 1.44. The van der Waals surface area contributed by atoms with E-state index < -0.39 is 17.5 Å². The molecule has 3 N–H and O–H groups in total. The molecule has 2 aromatic rings. The summed E-state index contributed by atoms with van der Waals surface area (Å²) in [6.07, 6.45) is 0. The molecule has 0 unspecified atom stereocenters. The van der Waals surface area contributed by atoms with Crippen molar-refractivity contribution in [3.8, 4) is 0 Å². The molecule has 1 amide bonds. The summed E-state index contributed by atoms with van der Waals surface area (Å²) < 4.78 is 26.8. The highest BCUT2D eigenvalue weighted by atomic mass is 35.5. The van der Waals surface area contributed by atoms with E-state index in [-0.39, 0.29) is 16.8 Å². The molecule has 0 aliphatic carbocycles. The summed E-state index contributed by atoms with van der Waals surface area (Å²) in [4.78, 5) is 12.0. The van der Waals surface area contributed by atoms with Gasteiger partial charge in [-0.2, -0.15) is 0 Å². The van der Waals surface area contributed by atoms with Crippen LogP contribution in [0.3, 0.4) is 0 Å². The number of carbonyl (C=O) groups is 1. The molecule has 0 saturated heterocycles. The number of hydrogen-bond acceptors (Lipinski definition) is 2. The molecular weight excluding hydrogens is 286 g/mol. The molecule has 2 rings (SSSR count). The van der Waals surface area contributed by atoms with Crippen molar-refractivity contribution in [1.29, 1.82) is 0 Å². The molecule has 6 heteroatoms. The van der Waals surface area contributed by atoms with Gasteiger partial charge in [0.05, 0.1) is 16.9 Å². The zero-order chi connectivity index (χ0) is 14.9. The van der Waals surface area contributed by atoms with Gasteiger partial charge < -0.3 is 11.1 Å². The fourth-order valence-electron chi connectivity index (χ4n) is 1.66. The van der Waals surface area contributed by atoms with Crippen molar-refractivity contribution in [2.24, 2.45) is 0 Å². The number of hydrogen-bond donors (Lipinski definition) is 2. The van der Waals surface area contributed by atoms with E-state index in [4.69, 9.17) is 17.3 Å². The minimum Gasteiger partial charge on any atom is -0.397 e. The van der Waals surface area contributed by atoms with Crippen molar-refractivity contribution in [2.45, 2.75) is 6.92 Å². The van der Waals surface area contributed by atoms with Crippen LogP contribution in [0.2, 0.25) is 5.02 Å². The molecule has 0 fully saturated rings. The highest BCUT2D eigenvalue weighted by Gasteiger charge is 2.15. The monoisotopic (exact) mass is 296 g/mol. The number of nitrogens with two attached hydrogens (primary N) is 1. The van der Waals surface area contributed by atoms with Crippen molar-refractivity contribution in [1.82, 2.24) is 0 Å². The second-order valence-electron chi connectivity index (χ2n) is 4.27. The molecule has 0 bridgehead atoms. The smallest absolute Gasteiger partial charge is 0.258 e. The first-order chi connectivity index (χ1) is 9.38. The molecule has 2 aromatic carbocycles. The first-order valence-corrected chi connectivity index (χ1v) is 6.08. The van der Waals surface area contributed by atoms with Gasteiger partial charge in [-0.3, -0.25) is 4.79 Å². The maximum atomic E-state index is 13.6. The molecule has 0 saturated carbocycles. The van der Waals surface area contributed by atoms with E-state index in [2.05, 4.69) is 5.32 Å². The first kappa shape index (κ1) is 14.3. The van der Waals surface area contributed by atoms with Crippen molar-refractivity contribution in [3.63, 3.8) is 0 Å². The quantitative estimate of drug-likeness (QED) is 0.829. The van der Waals surface area contributed by atoms with Gasteiger partial charge in [0, 0.05) is 11.1 Å². The highest BCUT2D eigenvalue weighted by Crippen LogP contribution is 2.24. The van der Waals surface area contributed by atoms with Gasteiger partial charge in [0.2, 0.25) is 0 Å². The largest absolute Gasteiger partial charge is 0.397 e. The maximum absolute atomic E-state index is 13.6. The Morgan fingerprint density at radius 3 is 2.60 bits per heavy atom. The van der Waals surface area contributed by atoms with Crippen LogP contribution in [0.1, 0.15) is 15.9 Å². The van der Waals surface area contributed by atoms with E-state index in [9.17, 15) is 13.6 Å². The van der Waals surface area contributed by atoms with Crippen molar-refractivity contribution >= 4 is 28.9 Å². The lowest BCUT2D eigenvalue weighted by molar-refractivity contribution is 0.102. The van der Waals surface area contributed by atoms with Crippen LogP contribution < -0.4 is 11.1 Å². The molecule has 3 nitrogen and oxygen atoms in total.